The Balaban J connectivity index is 2.69. The van der Waals surface area contributed by atoms with Crippen LogP contribution in [0, 0.1) is 0 Å². The van der Waals surface area contributed by atoms with Crippen molar-refractivity contribution in [3.05, 3.63) is 35.9 Å². The van der Waals surface area contributed by atoms with Crippen molar-refractivity contribution in [2.45, 2.75) is 18.8 Å². The Kier molecular flexibility index (Phi) is 4.19. The minimum absolute atomic E-state index is 0.132. The van der Waals surface area contributed by atoms with Crippen molar-refractivity contribution < 1.29 is 9.90 Å². The molecule has 1 atom stereocenters. The van der Waals surface area contributed by atoms with E-state index in [1.807, 2.05) is 30.3 Å². The SMILES string of the molecule is O=CCC(CCO)c1ccccc1. The second-order valence-corrected chi connectivity index (χ2v) is 3.02. The lowest BCUT2D eigenvalue weighted by atomic mass is 9.93. The molecule has 0 aliphatic carbocycles. The van der Waals surface area contributed by atoms with Crippen molar-refractivity contribution in [1.82, 2.24) is 0 Å². The topological polar surface area (TPSA) is 37.3 Å². The molecule has 0 saturated heterocycles. The Hall–Kier alpha value is -1.15. The molecular formula is C11H14O2. The largest absolute Gasteiger partial charge is 0.396 e. The molecule has 0 aliphatic rings. The van der Waals surface area contributed by atoms with E-state index in [1.165, 1.54) is 0 Å². The highest BCUT2D eigenvalue weighted by Crippen LogP contribution is 2.21. The summed E-state index contributed by atoms with van der Waals surface area (Å²) in [4.78, 5) is 10.4. The Bertz CT molecular complexity index is 244. The van der Waals surface area contributed by atoms with Crippen molar-refractivity contribution in [3.63, 3.8) is 0 Å². The first kappa shape index (κ1) is 9.93. The molecule has 70 valence electrons. The monoisotopic (exact) mass is 178 g/mol. The van der Waals surface area contributed by atoms with E-state index in [4.69, 9.17) is 5.11 Å². The molecule has 0 spiro atoms. The van der Waals surface area contributed by atoms with Crippen LogP contribution in [0.3, 0.4) is 0 Å². The van der Waals surface area contributed by atoms with Crippen molar-refractivity contribution >= 4 is 6.29 Å². The normalized spacial score (nSPS) is 12.4. The van der Waals surface area contributed by atoms with Crippen molar-refractivity contribution in [3.8, 4) is 0 Å². The van der Waals surface area contributed by atoms with Crippen LogP contribution >= 0.6 is 0 Å². The van der Waals surface area contributed by atoms with E-state index in [-0.39, 0.29) is 12.5 Å². The fourth-order valence-corrected chi connectivity index (χ4v) is 1.42. The van der Waals surface area contributed by atoms with Gasteiger partial charge in [-0.15, -0.1) is 0 Å². The summed E-state index contributed by atoms with van der Waals surface area (Å²) >= 11 is 0. The Morgan fingerprint density at radius 3 is 2.54 bits per heavy atom. The molecule has 2 nitrogen and oxygen atoms in total. The zero-order chi connectivity index (χ0) is 9.52. The maximum Gasteiger partial charge on any atom is 0.120 e. The van der Waals surface area contributed by atoms with Gasteiger partial charge >= 0.3 is 0 Å². The quantitative estimate of drug-likeness (QED) is 0.697. The second-order valence-electron chi connectivity index (χ2n) is 3.02. The molecule has 1 aromatic rings. The number of rotatable bonds is 5. The minimum atomic E-state index is 0.132. The Morgan fingerprint density at radius 2 is 2.00 bits per heavy atom. The number of aliphatic hydroxyl groups excluding tert-OH is 1. The molecule has 1 rings (SSSR count). The highest BCUT2D eigenvalue weighted by Gasteiger charge is 2.09. The predicted octanol–water partition coefficient (Wildman–Crippen LogP) is 1.74. The molecule has 0 fully saturated rings. The summed E-state index contributed by atoms with van der Waals surface area (Å²) in [5.41, 5.74) is 1.13. The highest BCUT2D eigenvalue weighted by atomic mass is 16.3. The first-order chi connectivity index (χ1) is 6.38. The summed E-state index contributed by atoms with van der Waals surface area (Å²) in [6.07, 6.45) is 2.06. The number of benzene rings is 1. The van der Waals surface area contributed by atoms with Gasteiger partial charge in [0.25, 0.3) is 0 Å². The number of carbonyl (C=O) groups is 1. The van der Waals surface area contributed by atoms with E-state index in [9.17, 15) is 4.79 Å². The van der Waals surface area contributed by atoms with Gasteiger partial charge in [0.15, 0.2) is 0 Å². The molecule has 13 heavy (non-hydrogen) atoms. The van der Waals surface area contributed by atoms with Gasteiger partial charge < -0.3 is 9.90 Å². The van der Waals surface area contributed by atoms with Crippen LogP contribution in [0.2, 0.25) is 0 Å². The van der Waals surface area contributed by atoms with E-state index < -0.39 is 0 Å². The first-order valence-corrected chi connectivity index (χ1v) is 4.48. The molecular weight excluding hydrogens is 164 g/mol. The van der Waals surface area contributed by atoms with Gasteiger partial charge in [-0.2, -0.15) is 0 Å². The van der Waals surface area contributed by atoms with E-state index in [0.717, 1.165) is 11.8 Å². The lowest BCUT2D eigenvalue weighted by Gasteiger charge is -2.12. The number of aldehydes is 1. The van der Waals surface area contributed by atoms with Crippen LogP contribution in [0.25, 0.3) is 0 Å². The van der Waals surface area contributed by atoms with Crippen molar-refractivity contribution in [2.24, 2.45) is 0 Å². The van der Waals surface area contributed by atoms with Crippen LogP contribution < -0.4 is 0 Å². The third kappa shape index (κ3) is 2.99. The van der Waals surface area contributed by atoms with E-state index in [0.29, 0.717) is 12.8 Å². The molecule has 0 bridgehead atoms. The molecule has 1 aromatic carbocycles. The molecule has 0 aromatic heterocycles. The third-order valence-electron chi connectivity index (χ3n) is 2.13. The Morgan fingerprint density at radius 1 is 1.31 bits per heavy atom. The van der Waals surface area contributed by atoms with E-state index in [2.05, 4.69) is 0 Å². The average Bonchev–Trinajstić information content (AvgIpc) is 2.19. The van der Waals surface area contributed by atoms with Crippen LogP contribution in [0.1, 0.15) is 24.3 Å². The molecule has 0 radical (unpaired) electrons. The van der Waals surface area contributed by atoms with Gasteiger partial charge in [0.05, 0.1) is 0 Å². The zero-order valence-electron chi connectivity index (χ0n) is 7.52. The summed E-state index contributed by atoms with van der Waals surface area (Å²) < 4.78 is 0. The van der Waals surface area contributed by atoms with Gasteiger partial charge in [-0.1, -0.05) is 30.3 Å². The highest BCUT2D eigenvalue weighted by molar-refractivity contribution is 5.51. The molecule has 0 amide bonds. The maximum atomic E-state index is 10.4. The molecule has 2 heteroatoms. The van der Waals surface area contributed by atoms with Crippen LogP contribution in [0.5, 0.6) is 0 Å². The summed E-state index contributed by atoms with van der Waals surface area (Å²) in [5.74, 6) is 0.170. The van der Waals surface area contributed by atoms with Gasteiger partial charge in [0, 0.05) is 13.0 Å². The Labute approximate surface area is 78.2 Å². The van der Waals surface area contributed by atoms with Crippen LogP contribution in [-0.2, 0) is 4.79 Å². The fourth-order valence-electron chi connectivity index (χ4n) is 1.42. The van der Waals surface area contributed by atoms with Gasteiger partial charge in [-0.25, -0.2) is 0 Å². The van der Waals surface area contributed by atoms with Gasteiger partial charge in [-0.3, -0.25) is 0 Å². The van der Waals surface area contributed by atoms with E-state index in [1.54, 1.807) is 0 Å². The number of carbonyl (C=O) groups excluding carboxylic acids is 1. The summed E-state index contributed by atoms with van der Waals surface area (Å²) in [6, 6.07) is 9.82. The van der Waals surface area contributed by atoms with Crippen LogP contribution in [0.15, 0.2) is 30.3 Å². The van der Waals surface area contributed by atoms with Gasteiger partial charge in [0.1, 0.15) is 6.29 Å². The molecule has 0 heterocycles. The first-order valence-electron chi connectivity index (χ1n) is 4.48. The second kappa shape index (κ2) is 5.49. The average molecular weight is 178 g/mol. The van der Waals surface area contributed by atoms with Crippen LogP contribution in [-0.4, -0.2) is 18.0 Å². The zero-order valence-corrected chi connectivity index (χ0v) is 7.52. The lowest BCUT2D eigenvalue weighted by Crippen LogP contribution is -2.02. The minimum Gasteiger partial charge on any atom is -0.396 e. The van der Waals surface area contributed by atoms with Crippen molar-refractivity contribution in [2.75, 3.05) is 6.61 Å². The van der Waals surface area contributed by atoms with Crippen molar-refractivity contribution in [1.29, 1.82) is 0 Å². The molecule has 1 unspecified atom stereocenters. The molecule has 0 saturated carbocycles. The van der Waals surface area contributed by atoms with Gasteiger partial charge in [-0.05, 0) is 17.9 Å². The summed E-state index contributed by atoms with van der Waals surface area (Å²) in [6.45, 7) is 0.132. The van der Waals surface area contributed by atoms with E-state index >= 15 is 0 Å². The van der Waals surface area contributed by atoms with Gasteiger partial charge in [0.2, 0.25) is 0 Å². The summed E-state index contributed by atoms with van der Waals surface area (Å²) in [5, 5.41) is 8.81. The smallest absolute Gasteiger partial charge is 0.120 e. The number of hydrogen-bond acceptors (Lipinski definition) is 2. The molecule has 0 aliphatic heterocycles. The predicted molar refractivity (Wildman–Crippen MR) is 51.6 cm³/mol. The maximum absolute atomic E-state index is 10.4. The lowest BCUT2D eigenvalue weighted by molar-refractivity contribution is -0.108. The number of aliphatic hydroxyl groups is 1. The third-order valence-corrected chi connectivity index (χ3v) is 2.13. The van der Waals surface area contributed by atoms with Crippen LogP contribution in [0.4, 0.5) is 0 Å². The fraction of sp³-hybridized carbons (Fsp3) is 0.364. The summed E-state index contributed by atoms with van der Waals surface area (Å²) in [7, 11) is 0. The standard InChI is InChI=1S/C11H14O2/c12-8-6-11(7-9-13)10-4-2-1-3-5-10/h1-5,8,11,13H,6-7,9H2. The number of hydrogen-bond donors (Lipinski definition) is 1. The molecule has 1 N–H and O–H groups in total.